The molecule has 0 aromatic carbocycles. The summed E-state index contributed by atoms with van der Waals surface area (Å²) in [6, 6.07) is -1.71. The molecule has 0 spiro atoms. The Kier molecular flexibility index (Phi) is 13.1. The molecule has 10 nitrogen and oxygen atoms in total. The van der Waals surface area contributed by atoms with Gasteiger partial charge in [-0.2, -0.15) is 4.79 Å². The van der Waals surface area contributed by atoms with Gasteiger partial charge in [0.1, 0.15) is 6.04 Å². The fourth-order valence-electron chi connectivity index (χ4n) is 2.34. The number of hydrogen-bond donors (Lipinski definition) is 3. The topological polar surface area (TPSA) is 164 Å². The molecule has 0 aliphatic carbocycles. The Bertz CT molecular complexity index is 587. The molecule has 10 heteroatoms. The molecular weight excluding hydrogens is 366 g/mol. The quantitative estimate of drug-likeness (QED) is 0.124. The third-order valence-electron chi connectivity index (χ3n) is 3.72. The number of ether oxygens (including phenoxy) is 1. The summed E-state index contributed by atoms with van der Waals surface area (Å²) in [5.41, 5.74) is 14.2. The number of carbonyl (C=O) groups is 4. The van der Waals surface area contributed by atoms with Gasteiger partial charge in [0.15, 0.2) is 0 Å². The number of amides is 2. The molecule has 28 heavy (non-hydrogen) atoms. The van der Waals surface area contributed by atoms with Crippen LogP contribution in [0.5, 0.6) is 0 Å². The van der Waals surface area contributed by atoms with Crippen molar-refractivity contribution in [3.63, 3.8) is 0 Å². The number of rotatable bonds is 14. The third kappa shape index (κ3) is 12.7. The summed E-state index contributed by atoms with van der Waals surface area (Å²) >= 11 is 0. The largest absolute Gasteiger partial charge is 0.461 e. The van der Waals surface area contributed by atoms with Gasteiger partial charge < -0.3 is 26.6 Å². The number of nitrogens with two attached hydrogens (primary N) is 1. The van der Waals surface area contributed by atoms with E-state index in [1.165, 1.54) is 6.92 Å². The highest BCUT2D eigenvalue weighted by atomic mass is 16.5. The number of carbonyl (C=O) groups excluding carboxylic acids is 4. The van der Waals surface area contributed by atoms with E-state index in [9.17, 15) is 19.2 Å². The van der Waals surface area contributed by atoms with Crippen molar-refractivity contribution in [2.24, 2.45) is 5.73 Å². The van der Waals surface area contributed by atoms with E-state index in [1.807, 2.05) is 0 Å². The molecule has 0 saturated heterocycles. The molecule has 2 amide bonds. The first kappa shape index (κ1) is 25.4. The van der Waals surface area contributed by atoms with Gasteiger partial charge in [0.05, 0.1) is 12.1 Å². The lowest BCUT2D eigenvalue weighted by Gasteiger charge is -2.21. The van der Waals surface area contributed by atoms with Crippen LogP contribution in [0.2, 0.25) is 0 Å². The van der Waals surface area contributed by atoms with Gasteiger partial charge in [-0.1, -0.05) is 0 Å². The number of nitrogens with zero attached hydrogens (tertiary/aromatic N) is 2. The Morgan fingerprint density at radius 3 is 2.39 bits per heavy atom. The normalized spacial score (nSPS) is 12.5. The number of unbranched alkanes of at least 4 members (excludes halogenated alkanes) is 1. The van der Waals surface area contributed by atoms with E-state index in [4.69, 9.17) is 16.0 Å². The van der Waals surface area contributed by atoms with E-state index >= 15 is 0 Å². The van der Waals surface area contributed by atoms with Crippen LogP contribution in [0.4, 0.5) is 0 Å². The summed E-state index contributed by atoms with van der Waals surface area (Å²) in [6.45, 7) is 5.33. The number of Topliss-reactive ketones (excluding diaryl/α,β-unsaturated/α-hetero) is 1. The number of ketones is 1. The predicted molar refractivity (Wildman–Crippen MR) is 102 cm³/mol. The van der Waals surface area contributed by atoms with E-state index in [-0.39, 0.29) is 30.6 Å². The van der Waals surface area contributed by atoms with Gasteiger partial charge in [0.2, 0.25) is 17.6 Å². The van der Waals surface area contributed by atoms with Crippen molar-refractivity contribution < 1.29 is 28.7 Å². The minimum Gasteiger partial charge on any atom is -0.461 e. The third-order valence-corrected chi connectivity index (χ3v) is 3.72. The summed E-state index contributed by atoms with van der Waals surface area (Å²) in [6.07, 6.45) is 2.74. The predicted octanol–water partition coefficient (Wildman–Crippen LogP) is 0.0965. The monoisotopic (exact) mass is 397 g/mol. The Morgan fingerprint density at radius 2 is 1.82 bits per heavy atom. The summed E-state index contributed by atoms with van der Waals surface area (Å²) in [4.78, 5) is 49.3. The molecule has 0 fully saturated rings. The Hall–Kier alpha value is -2.58. The Morgan fingerprint density at radius 1 is 1.14 bits per heavy atom. The van der Waals surface area contributed by atoms with E-state index < -0.39 is 24.0 Å². The second kappa shape index (κ2) is 14.5. The summed E-state index contributed by atoms with van der Waals surface area (Å²) in [7, 11) is 0. The summed E-state index contributed by atoms with van der Waals surface area (Å²) in [5, 5.41) is 5.25. The van der Waals surface area contributed by atoms with Crippen LogP contribution in [0, 0.1) is 0 Å². The van der Waals surface area contributed by atoms with Crippen molar-refractivity contribution in [1.29, 1.82) is 0 Å². The first-order chi connectivity index (χ1) is 13.2. The molecule has 0 radical (unpaired) electrons. The highest BCUT2D eigenvalue weighted by molar-refractivity contribution is 6.25. The van der Waals surface area contributed by atoms with Crippen molar-refractivity contribution in [2.75, 3.05) is 6.54 Å². The lowest BCUT2D eigenvalue weighted by atomic mass is 10.1. The van der Waals surface area contributed by atoms with Crippen molar-refractivity contribution in [3.05, 3.63) is 5.53 Å². The number of hydrogen-bond acceptors (Lipinski definition) is 6. The van der Waals surface area contributed by atoms with E-state index in [0.717, 1.165) is 6.21 Å². The fraction of sp³-hybridized carbons (Fsp3) is 0.722. The second-order valence-corrected chi connectivity index (χ2v) is 6.74. The highest BCUT2D eigenvalue weighted by Gasteiger charge is 2.25. The van der Waals surface area contributed by atoms with Crippen LogP contribution >= 0.6 is 0 Å². The van der Waals surface area contributed by atoms with Gasteiger partial charge in [-0.25, -0.2) is 4.79 Å². The average molecular weight is 397 g/mol. The highest BCUT2D eigenvalue weighted by Crippen LogP contribution is 2.07. The van der Waals surface area contributed by atoms with Crippen LogP contribution in [-0.2, 0) is 23.9 Å². The lowest BCUT2D eigenvalue weighted by molar-refractivity contribution is -0.151. The standard InChI is InChI=1S/C18H31N5O5/c1-12(2)28-18(27)16(9-6-7-14(25)11-22-20)23-17(26)15(19)8-4-5-10-21-13(3)24/h11-12,15-16H,4-10,19H2,1-3H3,(H,21,24)(H,23,26)/t15-,16-/m0/s1. The molecule has 158 valence electrons. The molecular formula is C18H31N5O5. The summed E-state index contributed by atoms with van der Waals surface area (Å²) in [5.74, 6) is -1.57. The number of nitrogens with one attached hydrogen (secondary N) is 2. The van der Waals surface area contributed by atoms with E-state index in [1.54, 1.807) is 13.8 Å². The van der Waals surface area contributed by atoms with Crippen molar-refractivity contribution in [1.82, 2.24) is 10.6 Å². The van der Waals surface area contributed by atoms with Crippen molar-refractivity contribution in [3.8, 4) is 0 Å². The molecule has 0 heterocycles. The minimum absolute atomic E-state index is 0.0700. The van der Waals surface area contributed by atoms with Gasteiger partial charge in [-0.15, -0.1) is 0 Å². The molecule has 0 aliphatic heterocycles. The first-order valence-corrected chi connectivity index (χ1v) is 9.38. The van der Waals surface area contributed by atoms with Crippen molar-refractivity contribution in [2.45, 2.75) is 77.5 Å². The molecule has 0 rings (SSSR count). The molecule has 0 unspecified atom stereocenters. The van der Waals surface area contributed by atoms with Crippen LogP contribution in [0.15, 0.2) is 0 Å². The number of esters is 1. The van der Waals surface area contributed by atoms with Crippen molar-refractivity contribution >= 4 is 29.8 Å². The zero-order chi connectivity index (χ0) is 21.5. The maximum Gasteiger partial charge on any atom is 0.328 e. The van der Waals surface area contributed by atoms with Crippen LogP contribution in [-0.4, -0.2) is 59.3 Å². The van der Waals surface area contributed by atoms with Crippen LogP contribution in [0.25, 0.3) is 5.53 Å². The Labute approximate surface area is 165 Å². The zero-order valence-electron chi connectivity index (χ0n) is 16.8. The molecule has 0 aromatic heterocycles. The van der Waals surface area contributed by atoms with Gasteiger partial charge in [-0.05, 0) is 46.0 Å². The van der Waals surface area contributed by atoms with Crippen LogP contribution < -0.4 is 16.4 Å². The Balaban J connectivity index is 4.57. The van der Waals surface area contributed by atoms with Gasteiger partial charge in [-0.3, -0.25) is 14.4 Å². The van der Waals surface area contributed by atoms with Gasteiger partial charge >= 0.3 is 12.2 Å². The zero-order valence-corrected chi connectivity index (χ0v) is 16.8. The van der Waals surface area contributed by atoms with Crippen LogP contribution in [0.3, 0.4) is 0 Å². The summed E-state index contributed by atoms with van der Waals surface area (Å²) < 4.78 is 5.15. The lowest BCUT2D eigenvalue weighted by Crippen LogP contribution is -2.49. The van der Waals surface area contributed by atoms with Gasteiger partial charge in [0, 0.05) is 19.9 Å². The maximum absolute atomic E-state index is 12.3. The molecule has 2 atom stereocenters. The van der Waals surface area contributed by atoms with E-state index in [2.05, 4.69) is 15.4 Å². The molecule has 4 N–H and O–H groups in total. The van der Waals surface area contributed by atoms with Gasteiger partial charge in [0.25, 0.3) is 0 Å². The molecule has 0 bridgehead atoms. The van der Waals surface area contributed by atoms with E-state index in [0.29, 0.717) is 32.2 Å². The van der Waals surface area contributed by atoms with Crippen LogP contribution in [0.1, 0.15) is 59.3 Å². The first-order valence-electron chi connectivity index (χ1n) is 9.38. The smallest absolute Gasteiger partial charge is 0.328 e. The second-order valence-electron chi connectivity index (χ2n) is 6.74. The maximum atomic E-state index is 12.3. The molecule has 0 aliphatic rings. The molecule has 0 saturated carbocycles. The molecule has 0 aromatic rings. The SMILES string of the molecule is CC(=O)NCCCC[C@H](N)C(=O)N[C@@H](CCCC(=O)C=[N+]=[N-])C(=O)OC(C)C. The average Bonchev–Trinajstić information content (AvgIpc) is 2.59. The minimum atomic E-state index is -0.917. The fourth-order valence-corrected chi connectivity index (χ4v) is 2.34.